The Morgan fingerprint density at radius 3 is 2.20 bits per heavy atom. The molecule has 0 fully saturated rings. The molecule has 1 N–H and O–H groups in total. The van der Waals surface area contributed by atoms with Crippen LogP contribution in [0.15, 0.2) is 10.2 Å². The van der Waals surface area contributed by atoms with Crippen molar-refractivity contribution >= 4 is 28.6 Å². The minimum absolute atomic E-state index is 1.01. The van der Waals surface area contributed by atoms with Crippen LogP contribution in [0.3, 0.4) is 0 Å². The minimum atomic E-state index is 1.01. The topological polar surface area (TPSA) is 21.4 Å². The van der Waals surface area contributed by atoms with Crippen LogP contribution >= 0.6 is 0 Å². The molecule has 0 heterocycles. The first-order chi connectivity index (χ1) is 2.41. The molecule has 28 valence electrons. The van der Waals surface area contributed by atoms with Crippen LogP contribution < -0.4 is 0 Å². The Balaban J connectivity index is 2.92. The molecule has 0 aromatic carbocycles. The van der Waals surface area contributed by atoms with E-state index < -0.39 is 0 Å². The van der Waals surface area contributed by atoms with E-state index in [2.05, 4.69) is 0 Å². The molecule has 0 aliphatic rings. The van der Waals surface area contributed by atoms with Gasteiger partial charge in [0.1, 0.15) is 0 Å². The molecule has 0 aromatic rings. The zero-order valence-electron chi connectivity index (χ0n) is 2.63. The van der Waals surface area contributed by atoms with Gasteiger partial charge < -0.3 is 0 Å². The molecule has 0 saturated heterocycles. The van der Waals surface area contributed by atoms with Crippen LogP contribution in [0.5, 0.6) is 0 Å². The molecule has 0 amide bonds. The number of hydrogen-bond acceptors (Lipinski definition) is 0. The third kappa shape index (κ3) is 4.20. The Morgan fingerprint density at radius 1 is 1.60 bits per heavy atom. The third-order valence-corrected chi connectivity index (χ3v) is 0.663. The van der Waals surface area contributed by atoms with E-state index in [1.165, 1.54) is 0 Å². The molecular formula is C3H5OTe+. The van der Waals surface area contributed by atoms with E-state index in [1.54, 1.807) is 32.5 Å². The molecule has 0 aliphatic carbocycles. The van der Waals surface area contributed by atoms with Crippen LogP contribution in [-0.4, -0.2) is 33.4 Å². The van der Waals surface area contributed by atoms with E-state index in [9.17, 15) is 0 Å². The Labute approximate surface area is 44.0 Å². The van der Waals surface area contributed by atoms with E-state index in [0.29, 0.717) is 0 Å². The summed E-state index contributed by atoms with van der Waals surface area (Å²) in [4.78, 5) is 7.86. The summed E-state index contributed by atoms with van der Waals surface area (Å²) in [5.74, 6) is 0. The monoisotopic (exact) mass is 187 g/mol. The third-order valence-electron chi connectivity index (χ3n) is 0.172. The van der Waals surface area contributed by atoms with Crippen LogP contribution in [-0.2, 0) is 0 Å². The second-order valence-corrected chi connectivity index (χ2v) is 1.34. The fraction of sp³-hybridized carbons (Fsp3) is 0. The van der Waals surface area contributed by atoms with Gasteiger partial charge in [-0.2, -0.15) is 0 Å². The van der Waals surface area contributed by atoms with Crippen LogP contribution in [0.2, 0.25) is 0 Å². The first-order valence-corrected chi connectivity index (χ1v) is 2.66. The summed E-state index contributed by atoms with van der Waals surface area (Å²) >= 11 is 1.55. The van der Waals surface area contributed by atoms with E-state index in [1.807, 2.05) is 0 Å². The van der Waals surface area contributed by atoms with Gasteiger partial charge in [0, 0.05) is 0 Å². The molecule has 0 saturated carbocycles. The standard InChI is InChI=1S/C3H4OTe/c4-2-1-3-5/h1-3,5H/p+1/b3-1-. The van der Waals surface area contributed by atoms with Crippen LogP contribution in [0.4, 0.5) is 0 Å². The number of carbonyl (C=O) groups excluding carboxylic acids is 1. The zero-order chi connectivity index (χ0) is 4.12. The van der Waals surface area contributed by atoms with Crippen LogP contribution in [0.25, 0.3) is 0 Å². The van der Waals surface area contributed by atoms with Gasteiger partial charge in [0.15, 0.2) is 0 Å². The van der Waals surface area contributed by atoms with Gasteiger partial charge in [0.2, 0.25) is 0 Å². The molecule has 1 nitrogen and oxygen atoms in total. The van der Waals surface area contributed by atoms with Crippen molar-refractivity contribution in [2.45, 2.75) is 0 Å². The van der Waals surface area contributed by atoms with Crippen molar-refractivity contribution < 1.29 is 4.79 Å². The molecule has 0 aliphatic heterocycles. The van der Waals surface area contributed by atoms with Gasteiger partial charge in [0.25, 0.3) is 0 Å². The Bertz CT molecular complexity index is 48.9. The maximum atomic E-state index is 7.86. The first-order valence-electron chi connectivity index (χ1n) is 1.18. The summed E-state index contributed by atoms with van der Waals surface area (Å²) < 4.78 is 1.80. The fourth-order valence-corrected chi connectivity index (χ4v) is 0.258. The number of hydrogen-bond donors (Lipinski definition) is 0. The predicted octanol–water partition coefficient (Wildman–Crippen LogP) is -0.424. The van der Waals surface area contributed by atoms with Crippen LogP contribution in [0.1, 0.15) is 0 Å². The van der Waals surface area contributed by atoms with Gasteiger partial charge in [-0.1, -0.05) is 0 Å². The average Bonchev–Trinajstić information content (AvgIpc) is 1.41. The van der Waals surface area contributed by atoms with Gasteiger partial charge >= 0.3 is 43.6 Å². The van der Waals surface area contributed by atoms with E-state index in [4.69, 9.17) is 4.79 Å². The first kappa shape index (κ1) is 5.20. The summed E-state index contributed by atoms with van der Waals surface area (Å²) in [6.45, 7) is 0. The summed E-state index contributed by atoms with van der Waals surface area (Å²) in [5, 5.41) is 0. The summed E-state index contributed by atoms with van der Waals surface area (Å²) in [6.07, 6.45) is 2.59. The molecule has 0 radical (unpaired) electrons. The van der Waals surface area contributed by atoms with Crippen molar-refractivity contribution in [3.8, 4) is 0 Å². The van der Waals surface area contributed by atoms with Crippen molar-refractivity contribution in [3.05, 3.63) is 10.2 Å². The second-order valence-electron chi connectivity index (χ2n) is 0.491. The molecule has 0 rings (SSSR count). The Hall–Kier alpha value is 0.200. The van der Waals surface area contributed by atoms with Crippen LogP contribution in [0, 0.1) is 0 Å². The van der Waals surface area contributed by atoms with E-state index in [-0.39, 0.29) is 0 Å². The van der Waals surface area contributed by atoms with E-state index in [0.717, 1.165) is 6.29 Å². The summed E-state index contributed by atoms with van der Waals surface area (Å²) in [6, 6.07) is 0. The van der Waals surface area contributed by atoms with Gasteiger partial charge in [-0.25, -0.2) is 0 Å². The number of aldehydes is 1. The molecule has 0 aromatic heterocycles. The summed E-state index contributed by atoms with van der Waals surface area (Å²) in [7, 11) is 0. The number of allylic oxidation sites excluding steroid dienone is 1. The molecular weight excluding hydrogens is 180 g/mol. The quantitative estimate of drug-likeness (QED) is 0.229. The van der Waals surface area contributed by atoms with Crippen molar-refractivity contribution in [3.63, 3.8) is 0 Å². The van der Waals surface area contributed by atoms with Crippen molar-refractivity contribution in [1.82, 2.24) is 0 Å². The van der Waals surface area contributed by atoms with E-state index >= 15 is 0 Å². The molecule has 0 atom stereocenters. The number of rotatable bonds is 1. The van der Waals surface area contributed by atoms with Gasteiger partial charge in [0.05, 0.1) is 0 Å². The SMILES string of the molecule is [OH+]=C/C=C\[TeH]. The summed E-state index contributed by atoms with van der Waals surface area (Å²) in [5.41, 5.74) is 0. The fourth-order valence-electron chi connectivity index (χ4n) is 0.0385. The average molecular weight is 185 g/mol. The molecule has 5 heavy (non-hydrogen) atoms. The van der Waals surface area contributed by atoms with Gasteiger partial charge in [-0.15, -0.1) is 0 Å². The molecule has 0 spiro atoms. The molecule has 0 unspecified atom stereocenters. The van der Waals surface area contributed by atoms with Crippen molar-refractivity contribution in [1.29, 1.82) is 0 Å². The van der Waals surface area contributed by atoms with Gasteiger partial charge in [-0.05, 0) is 0 Å². The van der Waals surface area contributed by atoms with Gasteiger partial charge in [-0.3, -0.25) is 0 Å². The normalized spacial score (nSPS) is 9.00. The Morgan fingerprint density at radius 2 is 2.20 bits per heavy atom. The Kier molecular flexibility index (Phi) is 4.37. The molecule has 2 heteroatoms. The molecule has 0 bridgehead atoms. The van der Waals surface area contributed by atoms with Crippen molar-refractivity contribution in [2.75, 3.05) is 0 Å². The zero-order valence-corrected chi connectivity index (χ0v) is 5.18. The predicted molar refractivity (Wildman–Crippen MR) is 24.3 cm³/mol. The van der Waals surface area contributed by atoms with Crippen molar-refractivity contribution in [2.24, 2.45) is 0 Å². The maximum absolute atomic E-state index is 7.86. The second kappa shape index (κ2) is 4.20.